The average molecular weight is 247 g/mol. The lowest BCUT2D eigenvalue weighted by Crippen LogP contribution is -2.12. The first-order valence-electron chi connectivity index (χ1n) is 5.70. The molecule has 0 aromatic carbocycles. The van der Waals surface area contributed by atoms with Crippen LogP contribution in [0.25, 0.3) is 0 Å². The van der Waals surface area contributed by atoms with Gasteiger partial charge in [-0.2, -0.15) is 5.26 Å². The summed E-state index contributed by atoms with van der Waals surface area (Å²) in [7, 11) is 0. The van der Waals surface area contributed by atoms with E-state index in [2.05, 4.69) is 0 Å². The summed E-state index contributed by atoms with van der Waals surface area (Å²) in [5.41, 5.74) is 0. The van der Waals surface area contributed by atoms with Crippen LogP contribution < -0.4 is 0 Å². The molecular formula is C11H21NO5. The van der Waals surface area contributed by atoms with Crippen molar-refractivity contribution in [1.82, 2.24) is 0 Å². The molecule has 0 heterocycles. The van der Waals surface area contributed by atoms with E-state index in [9.17, 15) is 0 Å². The third-order valence-corrected chi connectivity index (χ3v) is 1.71. The summed E-state index contributed by atoms with van der Waals surface area (Å²) in [5, 5.41) is 16.7. The van der Waals surface area contributed by atoms with Crippen molar-refractivity contribution < 1.29 is 24.1 Å². The first kappa shape index (κ1) is 16.3. The normalized spacial score (nSPS) is 10.4. The number of nitriles is 1. The van der Waals surface area contributed by atoms with Gasteiger partial charge in [-0.15, -0.1) is 0 Å². The Morgan fingerprint density at radius 2 is 1.12 bits per heavy atom. The van der Waals surface area contributed by atoms with Gasteiger partial charge in [0.05, 0.1) is 72.0 Å². The second-order valence-corrected chi connectivity index (χ2v) is 3.08. The molecule has 0 saturated carbocycles. The standard InChI is InChI=1S/C11H21NO5/c12-2-1-4-14-6-8-16-10-11-17-9-7-15-5-3-13/h13H,1,3-11H2. The zero-order valence-electron chi connectivity index (χ0n) is 10.1. The molecule has 100 valence electrons. The first-order valence-corrected chi connectivity index (χ1v) is 5.70. The first-order chi connectivity index (χ1) is 8.41. The Hall–Kier alpha value is -0.710. The molecule has 0 aromatic rings. The lowest BCUT2D eigenvalue weighted by atomic mass is 10.5. The van der Waals surface area contributed by atoms with Gasteiger partial charge in [0, 0.05) is 0 Å². The van der Waals surface area contributed by atoms with Gasteiger partial charge >= 0.3 is 0 Å². The monoisotopic (exact) mass is 247 g/mol. The number of hydrogen-bond acceptors (Lipinski definition) is 6. The van der Waals surface area contributed by atoms with Gasteiger partial charge in [-0.3, -0.25) is 0 Å². The third-order valence-electron chi connectivity index (χ3n) is 1.71. The lowest BCUT2D eigenvalue weighted by molar-refractivity contribution is -0.00502. The second kappa shape index (κ2) is 15.3. The molecule has 1 N–H and O–H groups in total. The van der Waals surface area contributed by atoms with Crippen LogP contribution in [0, 0.1) is 11.3 Å². The van der Waals surface area contributed by atoms with Crippen molar-refractivity contribution in [3.63, 3.8) is 0 Å². The van der Waals surface area contributed by atoms with Crippen LogP contribution in [0.15, 0.2) is 0 Å². The van der Waals surface area contributed by atoms with Crippen LogP contribution in [-0.2, 0) is 18.9 Å². The Labute approximate surface area is 102 Å². The molecule has 0 aliphatic rings. The minimum absolute atomic E-state index is 0.0366. The Morgan fingerprint density at radius 1 is 0.706 bits per heavy atom. The molecule has 0 spiro atoms. The number of nitrogens with zero attached hydrogens (tertiary/aromatic N) is 1. The maximum absolute atomic E-state index is 8.43. The highest BCUT2D eigenvalue weighted by Crippen LogP contribution is 1.83. The number of hydrogen-bond donors (Lipinski definition) is 1. The van der Waals surface area contributed by atoms with Gasteiger partial charge in [0.2, 0.25) is 0 Å². The smallest absolute Gasteiger partial charge is 0.0701 e. The molecule has 6 heteroatoms. The third kappa shape index (κ3) is 15.3. The lowest BCUT2D eigenvalue weighted by Gasteiger charge is -2.06. The van der Waals surface area contributed by atoms with Gasteiger partial charge in [0.15, 0.2) is 0 Å². The molecular weight excluding hydrogens is 226 g/mol. The molecule has 0 unspecified atom stereocenters. The topological polar surface area (TPSA) is 80.9 Å². The molecule has 0 rings (SSSR count). The summed E-state index contributed by atoms with van der Waals surface area (Å²) < 4.78 is 20.6. The van der Waals surface area contributed by atoms with E-state index in [1.807, 2.05) is 6.07 Å². The highest BCUT2D eigenvalue weighted by atomic mass is 16.6. The van der Waals surface area contributed by atoms with E-state index in [4.69, 9.17) is 29.3 Å². The summed E-state index contributed by atoms with van der Waals surface area (Å²) in [6, 6.07) is 1.99. The number of aliphatic hydroxyl groups excluding tert-OH is 1. The highest BCUT2D eigenvalue weighted by Gasteiger charge is 1.92. The molecule has 0 aliphatic heterocycles. The molecule has 0 bridgehead atoms. The maximum Gasteiger partial charge on any atom is 0.0701 e. The van der Waals surface area contributed by atoms with E-state index >= 15 is 0 Å². The van der Waals surface area contributed by atoms with E-state index in [1.165, 1.54) is 0 Å². The van der Waals surface area contributed by atoms with E-state index < -0.39 is 0 Å². The quantitative estimate of drug-likeness (QED) is 0.460. The van der Waals surface area contributed by atoms with Crippen molar-refractivity contribution in [2.45, 2.75) is 6.42 Å². The van der Waals surface area contributed by atoms with Gasteiger partial charge in [-0.25, -0.2) is 0 Å². The van der Waals surface area contributed by atoms with Crippen molar-refractivity contribution in [3.05, 3.63) is 0 Å². The molecule has 0 radical (unpaired) electrons. The molecule has 0 saturated heterocycles. The second-order valence-electron chi connectivity index (χ2n) is 3.08. The van der Waals surface area contributed by atoms with Crippen LogP contribution in [0.3, 0.4) is 0 Å². The maximum atomic E-state index is 8.43. The van der Waals surface area contributed by atoms with Crippen molar-refractivity contribution in [3.8, 4) is 6.07 Å². The molecule has 0 fully saturated rings. The predicted molar refractivity (Wildman–Crippen MR) is 60.6 cm³/mol. The minimum atomic E-state index is 0.0366. The van der Waals surface area contributed by atoms with Crippen LogP contribution in [0.2, 0.25) is 0 Å². The number of ether oxygens (including phenoxy) is 4. The van der Waals surface area contributed by atoms with Crippen molar-refractivity contribution >= 4 is 0 Å². The van der Waals surface area contributed by atoms with Crippen LogP contribution in [0.4, 0.5) is 0 Å². The predicted octanol–water partition coefficient (Wildman–Crippen LogP) is -0.0412. The molecule has 0 atom stereocenters. The Balaban J connectivity index is 2.87. The Bertz CT molecular complexity index is 183. The van der Waals surface area contributed by atoms with Gasteiger partial charge < -0.3 is 24.1 Å². The van der Waals surface area contributed by atoms with Crippen molar-refractivity contribution in [1.29, 1.82) is 5.26 Å². The van der Waals surface area contributed by atoms with Crippen LogP contribution in [0.1, 0.15) is 6.42 Å². The van der Waals surface area contributed by atoms with Crippen LogP contribution in [-0.4, -0.2) is 64.6 Å². The Morgan fingerprint density at radius 3 is 1.53 bits per heavy atom. The highest BCUT2D eigenvalue weighted by molar-refractivity contribution is 4.66. The summed E-state index contributed by atoms with van der Waals surface area (Å²) in [6.07, 6.45) is 0.414. The zero-order valence-corrected chi connectivity index (χ0v) is 10.1. The zero-order chi connectivity index (χ0) is 12.6. The van der Waals surface area contributed by atoms with Crippen molar-refractivity contribution in [2.75, 3.05) is 59.5 Å². The van der Waals surface area contributed by atoms with Crippen LogP contribution in [0.5, 0.6) is 0 Å². The SMILES string of the molecule is N#CCCOCCOCCOCCOCCO. The molecule has 0 amide bonds. The van der Waals surface area contributed by atoms with E-state index in [0.29, 0.717) is 59.3 Å². The minimum Gasteiger partial charge on any atom is -0.394 e. The fraction of sp³-hybridized carbons (Fsp3) is 0.909. The fourth-order valence-corrected chi connectivity index (χ4v) is 0.944. The van der Waals surface area contributed by atoms with E-state index in [-0.39, 0.29) is 6.61 Å². The van der Waals surface area contributed by atoms with Gasteiger partial charge in [0.25, 0.3) is 0 Å². The fourth-order valence-electron chi connectivity index (χ4n) is 0.944. The van der Waals surface area contributed by atoms with Gasteiger partial charge in [-0.1, -0.05) is 0 Å². The number of aliphatic hydroxyl groups is 1. The molecule has 0 aromatic heterocycles. The molecule has 0 aliphatic carbocycles. The molecule has 17 heavy (non-hydrogen) atoms. The van der Waals surface area contributed by atoms with Crippen molar-refractivity contribution in [2.24, 2.45) is 0 Å². The molecule has 6 nitrogen and oxygen atoms in total. The van der Waals surface area contributed by atoms with Gasteiger partial charge in [-0.05, 0) is 0 Å². The largest absolute Gasteiger partial charge is 0.394 e. The average Bonchev–Trinajstić information content (AvgIpc) is 2.35. The summed E-state index contributed by atoms with van der Waals surface area (Å²) in [6.45, 7) is 3.87. The Kier molecular flexibility index (Phi) is 14.7. The summed E-state index contributed by atoms with van der Waals surface area (Å²) >= 11 is 0. The van der Waals surface area contributed by atoms with E-state index in [0.717, 1.165) is 0 Å². The summed E-state index contributed by atoms with van der Waals surface area (Å²) in [5.74, 6) is 0. The van der Waals surface area contributed by atoms with Crippen LogP contribution >= 0.6 is 0 Å². The number of rotatable bonds is 13. The van der Waals surface area contributed by atoms with E-state index in [1.54, 1.807) is 0 Å². The van der Waals surface area contributed by atoms with Gasteiger partial charge in [0.1, 0.15) is 0 Å². The summed E-state index contributed by atoms with van der Waals surface area (Å²) in [4.78, 5) is 0.